The molecule has 1 rings (SSSR count). The number of hydrogen-bond donors (Lipinski definition) is 11. The molecular formula is C34H57N11O8. The highest BCUT2D eigenvalue weighted by Crippen LogP contribution is 2.12. The molecule has 0 saturated heterocycles. The van der Waals surface area contributed by atoms with E-state index in [2.05, 4.69) is 31.6 Å². The molecule has 1 aromatic carbocycles. The van der Waals surface area contributed by atoms with Crippen LogP contribution >= 0.6 is 0 Å². The lowest BCUT2D eigenvalue weighted by Crippen LogP contribution is -2.60. The molecule has 19 heteroatoms. The molecule has 0 fully saturated rings. The second kappa shape index (κ2) is 23.3. The van der Waals surface area contributed by atoms with Gasteiger partial charge in [0.1, 0.15) is 36.3 Å². The number of nitrogens with two attached hydrogens (primary N) is 5. The molecule has 0 aliphatic heterocycles. The summed E-state index contributed by atoms with van der Waals surface area (Å²) in [5.74, 6) is -6.10. The molecule has 6 atom stereocenters. The molecule has 7 amide bonds. The molecule has 0 aliphatic carbocycles. The van der Waals surface area contributed by atoms with Gasteiger partial charge in [0, 0.05) is 13.0 Å². The lowest BCUT2D eigenvalue weighted by molar-refractivity contribution is -0.135. The number of primary amides is 2. The second-order valence-electron chi connectivity index (χ2n) is 13.6. The van der Waals surface area contributed by atoms with E-state index in [1.54, 1.807) is 30.3 Å². The van der Waals surface area contributed by atoms with Crippen molar-refractivity contribution in [2.24, 2.45) is 45.5 Å². The zero-order chi connectivity index (χ0) is 40.2. The number of nitrogens with zero attached hydrogens (tertiary/aromatic N) is 1. The number of guanidine groups is 1. The van der Waals surface area contributed by atoms with Gasteiger partial charge in [-0.2, -0.15) is 0 Å². The zero-order valence-corrected chi connectivity index (χ0v) is 30.8. The number of aliphatic hydroxyl groups excluding tert-OH is 1. The van der Waals surface area contributed by atoms with Gasteiger partial charge in [-0.15, -0.1) is 0 Å². The Balaban J connectivity index is 3.33. The number of amides is 7. The normalized spacial score (nSPS) is 14.4. The van der Waals surface area contributed by atoms with Crippen molar-refractivity contribution in [1.29, 1.82) is 0 Å². The van der Waals surface area contributed by atoms with Crippen LogP contribution in [-0.4, -0.2) is 102 Å². The number of aliphatic imine (C=N–C) groups is 1. The number of nitrogens with one attached hydrogen (secondary N) is 5. The van der Waals surface area contributed by atoms with E-state index in [0.29, 0.717) is 5.56 Å². The summed E-state index contributed by atoms with van der Waals surface area (Å²) in [5.41, 5.74) is 27.7. The van der Waals surface area contributed by atoms with E-state index in [-0.39, 0.29) is 56.4 Å². The van der Waals surface area contributed by atoms with Crippen LogP contribution in [0.1, 0.15) is 65.4 Å². The van der Waals surface area contributed by atoms with Crippen LogP contribution in [-0.2, 0) is 40.0 Å². The Morgan fingerprint density at radius 2 is 1.11 bits per heavy atom. The predicted molar refractivity (Wildman–Crippen MR) is 197 cm³/mol. The van der Waals surface area contributed by atoms with Crippen molar-refractivity contribution in [3.05, 3.63) is 35.9 Å². The predicted octanol–water partition coefficient (Wildman–Crippen LogP) is -3.52. The first kappa shape index (κ1) is 45.7. The summed E-state index contributed by atoms with van der Waals surface area (Å²) in [6.07, 6.45) is -0.0534. The van der Waals surface area contributed by atoms with Gasteiger partial charge >= 0.3 is 0 Å². The van der Waals surface area contributed by atoms with Crippen LogP contribution in [0.4, 0.5) is 0 Å². The van der Waals surface area contributed by atoms with Gasteiger partial charge in [0.05, 0.1) is 13.0 Å². The fourth-order valence-corrected chi connectivity index (χ4v) is 5.11. The number of hydrogen-bond acceptors (Lipinski definition) is 10. The standard InChI is InChI=1S/C34H57N11O8/c1-18(2)13-24(31(51)41-22(11-8-12-40-34(38)39)30(50)42-23(28(37)48)16-27(36)47)44-32(52)25(14-19(3)4)45-33(53)26(43-29(49)21(35)17-46)15-20-9-6-5-7-10-20/h5-7,9-10,18-19,21-26,46H,8,11-17,35H2,1-4H3,(H2,36,47)(H2,37,48)(H,41,51)(H,42,50)(H,43,49)(H,44,52)(H,45,53)(H4,38,39,40)/t21-,22-,23-,24+,25-,26-/m0/s1. The Bertz CT molecular complexity index is 1420. The van der Waals surface area contributed by atoms with E-state index >= 15 is 0 Å². The second-order valence-corrected chi connectivity index (χ2v) is 13.6. The molecule has 296 valence electrons. The van der Waals surface area contributed by atoms with E-state index in [4.69, 9.17) is 28.7 Å². The van der Waals surface area contributed by atoms with Gasteiger partial charge in [-0.3, -0.25) is 38.6 Å². The first-order valence-corrected chi connectivity index (χ1v) is 17.4. The molecule has 0 radical (unpaired) electrons. The monoisotopic (exact) mass is 747 g/mol. The number of benzene rings is 1. The fraction of sp³-hybridized carbons (Fsp3) is 0.588. The maximum absolute atomic E-state index is 13.8. The van der Waals surface area contributed by atoms with Crippen molar-refractivity contribution in [3.8, 4) is 0 Å². The van der Waals surface area contributed by atoms with Gasteiger partial charge in [0.25, 0.3) is 0 Å². The third kappa shape index (κ3) is 18.2. The maximum Gasteiger partial charge on any atom is 0.243 e. The van der Waals surface area contributed by atoms with Crippen molar-refractivity contribution in [2.45, 2.75) is 102 Å². The molecule has 0 bridgehead atoms. The van der Waals surface area contributed by atoms with Crippen LogP contribution in [0.5, 0.6) is 0 Å². The number of rotatable bonds is 24. The van der Waals surface area contributed by atoms with E-state index in [9.17, 15) is 38.7 Å². The molecule has 0 unspecified atom stereocenters. The van der Waals surface area contributed by atoms with Crippen molar-refractivity contribution >= 4 is 47.3 Å². The average molecular weight is 748 g/mol. The van der Waals surface area contributed by atoms with Crippen molar-refractivity contribution in [2.75, 3.05) is 13.2 Å². The summed E-state index contributed by atoms with van der Waals surface area (Å²) < 4.78 is 0. The third-order valence-electron chi connectivity index (χ3n) is 7.77. The van der Waals surface area contributed by atoms with Gasteiger partial charge < -0.3 is 60.4 Å². The first-order chi connectivity index (χ1) is 24.8. The van der Waals surface area contributed by atoms with E-state index in [1.807, 2.05) is 27.7 Å². The van der Waals surface area contributed by atoms with E-state index < -0.39 is 90.6 Å². The van der Waals surface area contributed by atoms with Crippen LogP contribution < -0.4 is 55.3 Å². The van der Waals surface area contributed by atoms with Gasteiger partial charge in [0.15, 0.2) is 5.96 Å². The molecule has 0 aromatic heterocycles. The molecule has 19 nitrogen and oxygen atoms in total. The minimum Gasteiger partial charge on any atom is -0.394 e. The van der Waals surface area contributed by atoms with E-state index in [1.165, 1.54) is 0 Å². The van der Waals surface area contributed by atoms with Crippen molar-refractivity contribution in [3.63, 3.8) is 0 Å². The van der Waals surface area contributed by atoms with Crippen molar-refractivity contribution in [1.82, 2.24) is 26.6 Å². The SMILES string of the molecule is CC(C)C[C@H](NC(=O)[C@H](Cc1ccccc1)NC(=O)[C@@H](N)CO)C(=O)N[C@H](CC(C)C)C(=O)N[C@@H](CCCN=C(N)N)C(=O)N[C@@H](CC(N)=O)C(N)=O. The Morgan fingerprint density at radius 3 is 1.57 bits per heavy atom. The summed E-state index contributed by atoms with van der Waals surface area (Å²) in [6.45, 7) is 6.74. The summed E-state index contributed by atoms with van der Waals surface area (Å²) in [7, 11) is 0. The first-order valence-electron chi connectivity index (χ1n) is 17.4. The average Bonchev–Trinajstić information content (AvgIpc) is 3.07. The Labute approximate surface area is 309 Å². The largest absolute Gasteiger partial charge is 0.394 e. The summed E-state index contributed by atoms with van der Waals surface area (Å²) in [5, 5.41) is 22.2. The van der Waals surface area contributed by atoms with Crippen LogP contribution in [0, 0.1) is 11.8 Å². The Kier molecular flexibility index (Phi) is 20.1. The smallest absolute Gasteiger partial charge is 0.243 e. The quantitative estimate of drug-likeness (QED) is 0.0280. The summed E-state index contributed by atoms with van der Waals surface area (Å²) in [6, 6.07) is 1.29. The third-order valence-corrected chi connectivity index (χ3v) is 7.77. The summed E-state index contributed by atoms with van der Waals surface area (Å²) >= 11 is 0. The maximum atomic E-state index is 13.8. The molecule has 0 spiro atoms. The summed E-state index contributed by atoms with van der Waals surface area (Å²) in [4.78, 5) is 94.4. The van der Waals surface area contributed by atoms with Gasteiger partial charge in [0.2, 0.25) is 41.4 Å². The Hall–Kier alpha value is -5.30. The molecule has 0 aliphatic rings. The van der Waals surface area contributed by atoms with Gasteiger partial charge in [-0.1, -0.05) is 58.0 Å². The molecule has 1 aromatic rings. The fourth-order valence-electron chi connectivity index (χ4n) is 5.11. The topological polar surface area (TPSA) is 342 Å². The number of carbonyl (C=O) groups excluding carboxylic acids is 7. The Morgan fingerprint density at radius 1 is 0.660 bits per heavy atom. The van der Waals surface area contributed by atoms with Crippen LogP contribution in [0.15, 0.2) is 35.3 Å². The zero-order valence-electron chi connectivity index (χ0n) is 30.8. The lowest BCUT2D eigenvalue weighted by Gasteiger charge is -2.28. The van der Waals surface area contributed by atoms with Crippen LogP contribution in [0.2, 0.25) is 0 Å². The van der Waals surface area contributed by atoms with Gasteiger partial charge in [-0.05, 0) is 43.1 Å². The number of aliphatic hydroxyl groups is 1. The molecule has 0 saturated carbocycles. The minimum absolute atomic E-state index is 0.0146. The van der Waals surface area contributed by atoms with Gasteiger partial charge in [-0.25, -0.2) is 0 Å². The van der Waals surface area contributed by atoms with E-state index in [0.717, 1.165) is 0 Å². The van der Waals surface area contributed by atoms with Crippen LogP contribution in [0.25, 0.3) is 0 Å². The van der Waals surface area contributed by atoms with Crippen molar-refractivity contribution < 1.29 is 38.7 Å². The molecule has 16 N–H and O–H groups in total. The molecule has 53 heavy (non-hydrogen) atoms. The highest BCUT2D eigenvalue weighted by atomic mass is 16.3. The molecular weight excluding hydrogens is 690 g/mol. The molecule has 0 heterocycles. The minimum atomic E-state index is -1.45. The highest BCUT2D eigenvalue weighted by Gasteiger charge is 2.33. The highest BCUT2D eigenvalue weighted by molar-refractivity contribution is 5.97. The lowest BCUT2D eigenvalue weighted by atomic mass is 9.98. The van der Waals surface area contributed by atoms with Crippen LogP contribution in [0.3, 0.4) is 0 Å². The number of carbonyl (C=O) groups is 7.